The zero-order chi connectivity index (χ0) is 27.7. The number of unbranched alkanes of at least 4 members (excludes halogenated alkanes) is 9. The van der Waals surface area contributed by atoms with Crippen molar-refractivity contribution in [3.8, 4) is 22.8 Å². The average Bonchev–Trinajstić information content (AvgIpc) is 2.98. The minimum atomic E-state index is -0.533. The second-order valence-electron chi connectivity index (χ2n) is 10.6. The van der Waals surface area contributed by atoms with Gasteiger partial charge in [-0.3, -0.25) is 4.98 Å². The van der Waals surface area contributed by atoms with Gasteiger partial charge >= 0.3 is 5.97 Å². The molecule has 1 heterocycles. The van der Waals surface area contributed by atoms with E-state index in [1.54, 1.807) is 30.5 Å². The molecule has 1 atom stereocenters. The third-order valence-corrected chi connectivity index (χ3v) is 7.20. The molecule has 0 N–H and O–H groups in total. The van der Waals surface area contributed by atoms with E-state index in [0.29, 0.717) is 18.3 Å². The van der Waals surface area contributed by atoms with E-state index < -0.39 is 5.97 Å². The molecule has 0 amide bonds. The maximum Gasteiger partial charge on any atom is 0.363 e. The summed E-state index contributed by atoms with van der Waals surface area (Å²) < 4.78 is 11.2. The SMILES string of the molecule is CCCCCCCCCCCCc1ccc(-c2cnc(C(=O)Oc3ccc(OC[C@@H](C)CC)cc3)cn2)cc1. The predicted octanol–water partition coefficient (Wildman–Crippen LogP) is 9.25. The summed E-state index contributed by atoms with van der Waals surface area (Å²) in [6.07, 6.45) is 18.8. The number of ether oxygens (including phenoxy) is 2. The predicted molar refractivity (Wildman–Crippen MR) is 159 cm³/mol. The van der Waals surface area contributed by atoms with Crippen molar-refractivity contribution in [1.29, 1.82) is 0 Å². The Bertz CT molecular complexity index is 1080. The molecule has 3 rings (SSSR count). The second kappa shape index (κ2) is 17.4. The van der Waals surface area contributed by atoms with E-state index in [1.807, 2.05) is 0 Å². The molecule has 0 aliphatic carbocycles. The third kappa shape index (κ3) is 11.2. The van der Waals surface area contributed by atoms with E-state index in [1.165, 1.54) is 76.0 Å². The number of rotatable bonds is 18. The van der Waals surface area contributed by atoms with E-state index in [-0.39, 0.29) is 5.69 Å². The van der Waals surface area contributed by atoms with Crippen LogP contribution >= 0.6 is 0 Å². The van der Waals surface area contributed by atoms with Crippen molar-refractivity contribution in [2.45, 2.75) is 97.8 Å². The van der Waals surface area contributed by atoms with Gasteiger partial charge in [0.15, 0.2) is 5.69 Å². The number of hydrogen-bond donors (Lipinski definition) is 0. The first kappa shape index (κ1) is 30.3. The van der Waals surface area contributed by atoms with Gasteiger partial charge in [0.25, 0.3) is 0 Å². The molecule has 0 fully saturated rings. The Morgan fingerprint density at radius 2 is 1.36 bits per heavy atom. The number of aryl methyl sites for hydroxylation is 1. The molecule has 0 bridgehead atoms. The second-order valence-corrected chi connectivity index (χ2v) is 10.6. The van der Waals surface area contributed by atoms with Crippen LogP contribution in [0.25, 0.3) is 11.3 Å². The van der Waals surface area contributed by atoms with Crippen LogP contribution in [-0.2, 0) is 6.42 Å². The summed E-state index contributed by atoms with van der Waals surface area (Å²) in [6.45, 7) is 7.23. The first-order valence-corrected chi connectivity index (χ1v) is 15.0. The molecule has 0 unspecified atom stereocenters. The topological polar surface area (TPSA) is 61.3 Å². The first-order chi connectivity index (χ1) is 19.1. The van der Waals surface area contributed by atoms with Gasteiger partial charge in [0.05, 0.1) is 24.7 Å². The number of benzene rings is 2. The van der Waals surface area contributed by atoms with Gasteiger partial charge in [0.2, 0.25) is 0 Å². The standard InChI is InChI=1S/C34H46N2O3/c1-4-6-7-8-9-10-11-12-13-14-15-28-16-18-29(19-17-28)32-24-36-33(25-35-32)34(37)39-31-22-20-30(21-23-31)38-26-27(3)5-2/h16-25,27H,4-15,26H2,1-3H3/t27-/m0/s1. The molecule has 1 aromatic heterocycles. The maximum absolute atomic E-state index is 12.5. The van der Waals surface area contributed by atoms with Crippen LogP contribution in [0.4, 0.5) is 0 Å². The lowest BCUT2D eigenvalue weighted by molar-refractivity contribution is 0.0728. The molecule has 5 heteroatoms. The summed E-state index contributed by atoms with van der Waals surface area (Å²) in [5, 5.41) is 0. The van der Waals surface area contributed by atoms with Crippen molar-refractivity contribution < 1.29 is 14.3 Å². The molecule has 39 heavy (non-hydrogen) atoms. The van der Waals surface area contributed by atoms with Crippen LogP contribution in [0.3, 0.4) is 0 Å². The van der Waals surface area contributed by atoms with Crippen molar-refractivity contribution >= 4 is 5.97 Å². The van der Waals surface area contributed by atoms with Crippen molar-refractivity contribution in [3.63, 3.8) is 0 Å². The van der Waals surface area contributed by atoms with Gasteiger partial charge in [-0.05, 0) is 48.6 Å². The minimum Gasteiger partial charge on any atom is -0.493 e. The van der Waals surface area contributed by atoms with Crippen LogP contribution in [0, 0.1) is 5.92 Å². The van der Waals surface area contributed by atoms with Crippen LogP contribution in [0.2, 0.25) is 0 Å². The number of carbonyl (C=O) groups is 1. The molecule has 0 aliphatic rings. The van der Waals surface area contributed by atoms with E-state index in [0.717, 1.165) is 29.8 Å². The van der Waals surface area contributed by atoms with Gasteiger partial charge in [-0.1, -0.05) is 109 Å². The molecule has 5 nitrogen and oxygen atoms in total. The molecule has 0 saturated carbocycles. The van der Waals surface area contributed by atoms with Gasteiger partial charge in [-0.25, -0.2) is 9.78 Å². The Hall–Kier alpha value is -3.21. The Balaban J connectivity index is 1.38. The summed E-state index contributed by atoms with van der Waals surface area (Å²) in [6, 6.07) is 15.6. The molecule has 0 saturated heterocycles. The summed E-state index contributed by atoms with van der Waals surface area (Å²) in [5.74, 6) is 1.17. The minimum absolute atomic E-state index is 0.174. The van der Waals surface area contributed by atoms with Crippen LogP contribution in [0.15, 0.2) is 60.9 Å². The quantitative estimate of drug-likeness (QED) is 0.0931. The van der Waals surface area contributed by atoms with Gasteiger partial charge in [0.1, 0.15) is 11.5 Å². The molecule has 0 radical (unpaired) electrons. The zero-order valence-electron chi connectivity index (χ0n) is 24.2. The highest BCUT2D eigenvalue weighted by molar-refractivity contribution is 5.88. The third-order valence-electron chi connectivity index (χ3n) is 7.20. The number of carbonyl (C=O) groups excluding carboxylic acids is 1. The summed E-state index contributed by atoms with van der Waals surface area (Å²) in [4.78, 5) is 21.3. The Labute approximate surface area is 235 Å². The molecule has 2 aromatic carbocycles. The van der Waals surface area contributed by atoms with E-state index in [9.17, 15) is 4.79 Å². The molecule has 0 aliphatic heterocycles. The van der Waals surface area contributed by atoms with Crippen molar-refractivity contribution in [2.75, 3.05) is 6.61 Å². The summed E-state index contributed by atoms with van der Waals surface area (Å²) in [5.41, 5.74) is 3.25. The average molecular weight is 531 g/mol. The molecular weight excluding hydrogens is 484 g/mol. The maximum atomic E-state index is 12.5. The van der Waals surface area contributed by atoms with Gasteiger partial charge in [-0.2, -0.15) is 0 Å². The largest absolute Gasteiger partial charge is 0.493 e. The molecule has 0 spiro atoms. The number of hydrogen-bond acceptors (Lipinski definition) is 5. The Morgan fingerprint density at radius 1 is 0.744 bits per heavy atom. The number of esters is 1. The number of nitrogens with zero attached hydrogens (tertiary/aromatic N) is 2. The fraction of sp³-hybridized carbons (Fsp3) is 0.500. The fourth-order valence-electron chi connectivity index (χ4n) is 4.36. The Morgan fingerprint density at radius 3 is 1.95 bits per heavy atom. The highest BCUT2D eigenvalue weighted by atomic mass is 16.5. The lowest BCUT2D eigenvalue weighted by Gasteiger charge is -2.11. The van der Waals surface area contributed by atoms with Crippen LogP contribution in [-0.4, -0.2) is 22.5 Å². The van der Waals surface area contributed by atoms with Gasteiger partial charge < -0.3 is 9.47 Å². The first-order valence-electron chi connectivity index (χ1n) is 15.0. The van der Waals surface area contributed by atoms with Crippen molar-refractivity contribution in [2.24, 2.45) is 5.92 Å². The molecule has 3 aromatic rings. The Kier molecular flexibility index (Phi) is 13.5. The number of aromatic nitrogens is 2. The van der Waals surface area contributed by atoms with Gasteiger partial charge in [-0.15, -0.1) is 0 Å². The summed E-state index contributed by atoms with van der Waals surface area (Å²) >= 11 is 0. The lowest BCUT2D eigenvalue weighted by atomic mass is 10.0. The smallest absolute Gasteiger partial charge is 0.363 e. The van der Waals surface area contributed by atoms with Gasteiger partial charge in [0, 0.05) is 5.56 Å². The van der Waals surface area contributed by atoms with E-state index in [4.69, 9.17) is 9.47 Å². The van der Waals surface area contributed by atoms with Crippen LogP contribution < -0.4 is 9.47 Å². The van der Waals surface area contributed by atoms with Crippen molar-refractivity contribution in [1.82, 2.24) is 9.97 Å². The lowest BCUT2D eigenvalue weighted by Crippen LogP contribution is -2.11. The highest BCUT2D eigenvalue weighted by Crippen LogP contribution is 2.21. The molecular formula is C34H46N2O3. The molecule has 210 valence electrons. The van der Waals surface area contributed by atoms with E-state index >= 15 is 0 Å². The van der Waals surface area contributed by atoms with E-state index in [2.05, 4.69) is 55.0 Å². The van der Waals surface area contributed by atoms with Crippen LogP contribution in [0.5, 0.6) is 11.5 Å². The highest BCUT2D eigenvalue weighted by Gasteiger charge is 2.12. The van der Waals surface area contributed by atoms with Crippen LogP contribution in [0.1, 0.15) is 107 Å². The normalized spacial score (nSPS) is 11.8. The monoisotopic (exact) mass is 530 g/mol. The zero-order valence-corrected chi connectivity index (χ0v) is 24.2. The summed E-state index contributed by atoms with van der Waals surface area (Å²) in [7, 11) is 0. The van der Waals surface area contributed by atoms with Crippen molar-refractivity contribution in [3.05, 3.63) is 72.2 Å². The fourth-order valence-corrected chi connectivity index (χ4v) is 4.36.